The Bertz CT molecular complexity index is 621. The van der Waals surface area contributed by atoms with E-state index in [9.17, 15) is 4.79 Å². The van der Waals surface area contributed by atoms with Crippen molar-refractivity contribution in [2.45, 2.75) is 13.0 Å². The van der Waals surface area contributed by atoms with Crippen LogP contribution in [0.4, 0.5) is 0 Å². The van der Waals surface area contributed by atoms with Gasteiger partial charge in [-0.25, -0.2) is 0 Å². The molecule has 0 aromatic heterocycles. The fourth-order valence-electron chi connectivity index (χ4n) is 3.33. The normalized spacial score (nSPS) is 18.3. The summed E-state index contributed by atoms with van der Waals surface area (Å²) < 4.78 is 5.48. The van der Waals surface area contributed by atoms with E-state index in [1.165, 1.54) is 5.56 Å². The van der Waals surface area contributed by atoms with Crippen LogP contribution in [0.3, 0.4) is 0 Å². The average Bonchev–Trinajstić information content (AvgIpc) is 2.64. The van der Waals surface area contributed by atoms with Crippen LogP contribution in [0.1, 0.15) is 28.9 Å². The summed E-state index contributed by atoms with van der Waals surface area (Å²) in [4.78, 5) is 15.3. The predicted molar refractivity (Wildman–Crippen MR) is 91.5 cm³/mol. The Labute approximate surface area is 137 Å². The summed E-state index contributed by atoms with van der Waals surface area (Å²) in [7, 11) is 0. The molecule has 1 unspecified atom stereocenters. The molecule has 1 fully saturated rings. The molecule has 2 aromatic rings. The molecule has 1 heterocycles. The summed E-state index contributed by atoms with van der Waals surface area (Å²) in [6, 6.07) is 20.0. The highest BCUT2D eigenvalue weighted by Gasteiger charge is 2.32. The highest BCUT2D eigenvalue weighted by Crippen LogP contribution is 2.31. The Morgan fingerprint density at radius 2 is 1.52 bits per heavy atom. The smallest absolute Gasteiger partial charge is 0.167 e. The van der Waals surface area contributed by atoms with E-state index in [0.29, 0.717) is 0 Å². The van der Waals surface area contributed by atoms with E-state index in [1.807, 2.05) is 55.5 Å². The molecule has 120 valence electrons. The highest BCUT2D eigenvalue weighted by atomic mass is 16.5. The van der Waals surface area contributed by atoms with Crippen LogP contribution >= 0.6 is 0 Å². The Kier molecular flexibility index (Phi) is 5.21. The molecule has 3 heteroatoms. The van der Waals surface area contributed by atoms with Gasteiger partial charge in [0.25, 0.3) is 0 Å². The SMILES string of the molecule is C[C@H](C(=O)c1ccccc1)C(c1ccccc1)N1CCOCC1. The van der Waals surface area contributed by atoms with E-state index in [0.717, 1.165) is 31.9 Å². The Balaban J connectivity index is 1.89. The van der Waals surface area contributed by atoms with Crippen molar-refractivity contribution >= 4 is 5.78 Å². The standard InChI is InChI=1S/C20H23NO2/c1-16(20(22)18-10-6-3-7-11-18)19(17-8-4-2-5-9-17)21-12-14-23-15-13-21/h2-11,16,19H,12-15H2,1H3/t16-,19?/m0/s1. The first-order valence-electron chi connectivity index (χ1n) is 8.23. The number of hydrogen-bond acceptors (Lipinski definition) is 3. The van der Waals surface area contributed by atoms with E-state index in [4.69, 9.17) is 4.74 Å². The Morgan fingerprint density at radius 3 is 2.13 bits per heavy atom. The number of ketones is 1. The van der Waals surface area contributed by atoms with Crippen molar-refractivity contribution in [2.75, 3.05) is 26.3 Å². The maximum Gasteiger partial charge on any atom is 0.167 e. The van der Waals surface area contributed by atoms with Crippen molar-refractivity contribution in [3.63, 3.8) is 0 Å². The molecule has 0 spiro atoms. The van der Waals surface area contributed by atoms with Crippen LogP contribution in [0.15, 0.2) is 60.7 Å². The molecule has 3 nitrogen and oxygen atoms in total. The lowest BCUT2D eigenvalue weighted by molar-refractivity contribution is 0.00491. The molecule has 0 aliphatic carbocycles. The molecule has 2 atom stereocenters. The summed E-state index contributed by atoms with van der Waals surface area (Å²) in [6.45, 7) is 5.24. The molecular weight excluding hydrogens is 286 g/mol. The van der Waals surface area contributed by atoms with Gasteiger partial charge in [-0.2, -0.15) is 0 Å². The van der Waals surface area contributed by atoms with Crippen LogP contribution in [0.5, 0.6) is 0 Å². The van der Waals surface area contributed by atoms with Crippen LogP contribution in [0.25, 0.3) is 0 Å². The fourth-order valence-corrected chi connectivity index (χ4v) is 3.33. The minimum absolute atomic E-state index is 0.0906. The summed E-state index contributed by atoms with van der Waals surface area (Å²) in [5.41, 5.74) is 1.99. The number of carbonyl (C=O) groups is 1. The van der Waals surface area contributed by atoms with Gasteiger partial charge in [-0.1, -0.05) is 67.6 Å². The summed E-state index contributed by atoms with van der Waals surface area (Å²) in [6.07, 6.45) is 0. The molecule has 23 heavy (non-hydrogen) atoms. The third kappa shape index (κ3) is 3.69. The molecule has 0 amide bonds. The first-order valence-corrected chi connectivity index (χ1v) is 8.23. The molecule has 1 aliphatic heterocycles. The molecule has 2 aromatic carbocycles. The zero-order valence-electron chi connectivity index (χ0n) is 13.5. The topological polar surface area (TPSA) is 29.5 Å². The van der Waals surface area contributed by atoms with Crippen LogP contribution in [0, 0.1) is 5.92 Å². The molecule has 0 radical (unpaired) electrons. The van der Waals surface area contributed by atoms with Gasteiger partial charge in [0.05, 0.1) is 13.2 Å². The maximum absolute atomic E-state index is 12.9. The molecule has 3 rings (SSSR count). The van der Waals surface area contributed by atoms with Crippen molar-refractivity contribution in [1.82, 2.24) is 4.90 Å². The maximum atomic E-state index is 12.9. The minimum Gasteiger partial charge on any atom is -0.379 e. The number of morpholine rings is 1. The number of hydrogen-bond donors (Lipinski definition) is 0. The molecule has 0 bridgehead atoms. The quantitative estimate of drug-likeness (QED) is 0.791. The van der Waals surface area contributed by atoms with Gasteiger partial charge in [-0.15, -0.1) is 0 Å². The lowest BCUT2D eigenvalue weighted by atomic mass is 9.86. The van der Waals surface area contributed by atoms with Gasteiger partial charge in [-0.05, 0) is 5.56 Å². The number of rotatable bonds is 5. The van der Waals surface area contributed by atoms with E-state index < -0.39 is 0 Å². The summed E-state index contributed by atoms with van der Waals surface area (Å²) in [5, 5.41) is 0. The molecule has 0 saturated carbocycles. The minimum atomic E-state index is -0.0992. The first-order chi connectivity index (χ1) is 11.3. The third-order valence-electron chi connectivity index (χ3n) is 4.53. The number of ether oxygens (including phenoxy) is 1. The van der Waals surface area contributed by atoms with Gasteiger partial charge in [-0.3, -0.25) is 9.69 Å². The van der Waals surface area contributed by atoms with Gasteiger partial charge in [0.1, 0.15) is 0 Å². The first kappa shape index (κ1) is 15.9. The van der Waals surface area contributed by atoms with E-state index in [-0.39, 0.29) is 17.7 Å². The summed E-state index contributed by atoms with van der Waals surface area (Å²) in [5.74, 6) is 0.101. The molecule has 1 aliphatic rings. The zero-order chi connectivity index (χ0) is 16.1. The monoisotopic (exact) mass is 309 g/mol. The second-order valence-corrected chi connectivity index (χ2v) is 6.02. The van der Waals surface area contributed by atoms with Crippen LogP contribution in [-0.2, 0) is 4.74 Å². The van der Waals surface area contributed by atoms with E-state index in [1.54, 1.807) is 0 Å². The second kappa shape index (κ2) is 7.53. The van der Waals surface area contributed by atoms with Crippen LogP contribution in [-0.4, -0.2) is 37.0 Å². The highest BCUT2D eigenvalue weighted by molar-refractivity contribution is 5.98. The molecule has 1 saturated heterocycles. The predicted octanol–water partition coefficient (Wildman–Crippen LogP) is 3.58. The molecule has 0 N–H and O–H groups in total. The number of Topliss-reactive ketones (excluding diaryl/α,β-unsaturated/α-hetero) is 1. The third-order valence-corrected chi connectivity index (χ3v) is 4.53. The van der Waals surface area contributed by atoms with Crippen molar-refractivity contribution < 1.29 is 9.53 Å². The van der Waals surface area contributed by atoms with Crippen molar-refractivity contribution in [2.24, 2.45) is 5.92 Å². The zero-order valence-corrected chi connectivity index (χ0v) is 13.5. The lowest BCUT2D eigenvalue weighted by Crippen LogP contribution is -2.43. The van der Waals surface area contributed by atoms with E-state index in [2.05, 4.69) is 17.0 Å². The Morgan fingerprint density at radius 1 is 0.957 bits per heavy atom. The van der Waals surface area contributed by atoms with Gasteiger partial charge in [0, 0.05) is 30.6 Å². The van der Waals surface area contributed by atoms with Gasteiger partial charge in [0.15, 0.2) is 5.78 Å². The largest absolute Gasteiger partial charge is 0.379 e. The van der Waals surface area contributed by atoms with Crippen molar-refractivity contribution in [3.8, 4) is 0 Å². The average molecular weight is 309 g/mol. The van der Waals surface area contributed by atoms with Crippen LogP contribution < -0.4 is 0 Å². The number of benzene rings is 2. The van der Waals surface area contributed by atoms with Crippen LogP contribution in [0.2, 0.25) is 0 Å². The second-order valence-electron chi connectivity index (χ2n) is 6.02. The lowest BCUT2D eigenvalue weighted by Gasteiger charge is -2.37. The van der Waals surface area contributed by atoms with Crippen molar-refractivity contribution in [1.29, 1.82) is 0 Å². The van der Waals surface area contributed by atoms with E-state index >= 15 is 0 Å². The number of nitrogens with zero attached hydrogens (tertiary/aromatic N) is 1. The Hall–Kier alpha value is -1.97. The summed E-state index contributed by atoms with van der Waals surface area (Å²) >= 11 is 0. The molecular formula is C20H23NO2. The van der Waals surface area contributed by atoms with Gasteiger partial charge in [0.2, 0.25) is 0 Å². The van der Waals surface area contributed by atoms with Gasteiger partial charge < -0.3 is 4.74 Å². The van der Waals surface area contributed by atoms with Gasteiger partial charge >= 0.3 is 0 Å². The number of carbonyl (C=O) groups excluding carboxylic acids is 1. The van der Waals surface area contributed by atoms with Crippen molar-refractivity contribution in [3.05, 3.63) is 71.8 Å². The fraction of sp³-hybridized carbons (Fsp3) is 0.350.